The Morgan fingerprint density at radius 1 is 0.495 bits per heavy atom. The highest BCUT2D eigenvalue weighted by Crippen LogP contribution is 2.21. The quantitative estimate of drug-likeness (QED) is 0.0252. The summed E-state index contributed by atoms with van der Waals surface area (Å²) in [7, 11) is 0. The van der Waals surface area contributed by atoms with E-state index in [1.54, 1.807) is 47.8 Å². The second kappa shape index (κ2) is 45.8. The molecule has 1 fully saturated rings. The van der Waals surface area contributed by atoms with E-state index < -0.39 is 243 Å². The summed E-state index contributed by atoms with van der Waals surface area (Å²) < 4.78 is 0. The summed E-state index contributed by atoms with van der Waals surface area (Å²) in [6.45, 7) is 9.44. The number of hydrogen-bond acceptors (Lipinski definition) is 23. The lowest BCUT2D eigenvalue weighted by Crippen LogP contribution is -2.62. The molecular formula is C61H104N16O23S. The average Bonchev–Trinajstić information content (AvgIpc) is 1.75. The molecule has 0 aromatic rings. The normalized spacial score (nSPS) is 16.9. The number of thioether (sulfide) groups is 1. The van der Waals surface area contributed by atoms with Crippen LogP contribution in [0.15, 0.2) is 0 Å². The molecule has 1 saturated heterocycles. The molecule has 24 N–H and O–H groups in total. The van der Waals surface area contributed by atoms with Gasteiger partial charge in [0.1, 0.15) is 84.6 Å². The van der Waals surface area contributed by atoms with E-state index in [1.165, 1.54) is 25.6 Å². The fourth-order valence-electron chi connectivity index (χ4n) is 9.97. The van der Waals surface area contributed by atoms with Crippen molar-refractivity contribution in [3.8, 4) is 0 Å². The Labute approximate surface area is 588 Å². The number of unbranched alkanes of at least 4 members (excludes halogenated alkanes) is 1. The number of hydrogen-bond donors (Lipinski definition) is 21. The number of aliphatic hydroxyl groups excluding tert-OH is 3. The van der Waals surface area contributed by atoms with Crippen molar-refractivity contribution < 1.29 is 112 Å². The number of nitrogens with one attached hydrogen (secondary N) is 12. The van der Waals surface area contributed by atoms with Gasteiger partial charge >= 0.3 is 17.9 Å². The minimum absolute atomic E-state index is 0.0248. The standard InChI is InChI=1S/C61H104N16O23S/c1-10-30(6)47(61(99)100)76-49(87)32(8)66-59(97)46(29(4)5)75-48(86)31(7)65-53(91)37(22-28(2)3)70-56(94)40(26-79)73-51(89)34(16-17-44(82)83)67-55(93)39(24-45(84)85)71-57(95)41(27-80)74-52(90)35(18-21-101-9)68-54(92)38(23-43(64)81)72-58(96)42-15-13-20-77(42)60(98)36(14-11-12-19-62)69-50(88)33(63)25-78/h28-42,46-47,78-80H,10-27,62-63H2,1-9H3,(H2,64,81)(H,65,91)(H,66,97)(H,67,93)(H,68,92)(H,69,88)(H,70,94)(H,71,95)(H,72,96)(H,73,89)(H,74,90)(H,75,86)(H,76,87)(H,82,83)(H,84,85)(H,99,100)/t30-,31-,32-,33-,34-,35-,36-,37-,38-,39-,40-,41-,42-,46-,47-/m0/s1. The Morgan fingerprint density at radius 3 is 1.41 bits per heavy atom. The SMILES string of the molecule is CC[C@H](C)[C@H](NC(=O)[C@H](C)NC(=O)[C@@H](NC(=O)[C@H](C)NC(=O)[C@H](CC(C)C)NC(=O)[C@H](CO)NC(=O)[C@H](CCC(=O)O)NC(=O)[C@H](CC(=O)O)NC(=O)[C@H](CO)NC(=O)[C@H](CCSC)NC(=O)[C@H](CC(N)=O)NC(=O)[C@@H]1CCCN1C(=O)[C@H](CCCCN)NC(=O)[C@@H](N)CO)C(C)C)C(=O)O. The molecule has 15 atom stereocenters. The van der Waals surface area contributed by atoms with E-state index in [2.05, 4.69) is 58.5 Å². The van der Waals surface area contributed by atoms with Crippen LogP contribution in [-0.2, 0) is 81.5 Å². The minimum Gasteiger partial charge on any atom is -0.481 e. The number of carbonyl (C=O) groups excluding carboxylic acids is 14. The first-order valence-electron chi connectivity index (χ1n) is 33.0. The molecule has 14 amide bonds. The Bertz CT molecular complexity index is 2890. The predicted octanol–water partition coefficient (Wildman–Crippen LogP) is -7.93. The summed E-state index contributed by atoms with van der Waals surface area (Å²) in [6, 6.07) is -22.1. The van der Waals surface area contributed by atoms with Crippen molar-refractivity contribution in [2.24, 2.45) is 35.0 Å². The lowest BCUT2D eigenvalue weighted by molar-refractivity contribution is -0.144. The maximum absolute atomic E-state index is 13.9. The van der Waals surface area contributed by atoms with Gasteiger partial charge < -0.3 is 117 Å². The van der Waals surface area contributed by atoms with Crippen LogP contribution < -0.4 is 81.0 Å². The summed E-state index contributed by atoms with van der Waals surface area (Å²) in [5, 5.41) is 86.9. The Balaban J connectivity index is 3.37. The molecule has 0 spiro atoms. The third-order valence-corrected chi connectivity index (χ3v) is 16.6. The molecule has 0 bridgehead atoms. The second-order valence-corrected chi connectivity index (χ2v) is 26.1. The number of nitrogens with two attached hydrogens (primary N) is 3. The first-order valence-corrected chi connectivity index (χ1v) is 34.4. The number of likely N-dealkylation sites (tertiary alicyclic amines) is 1. The highest BCUT2D eigenvalue weighted by molar-refractivity contribution is 7.98. The lowest BCUT2D eigenvalue weighted by atomic mass is 9.99. The van der Waals surface area contributed by atoms with E-state index in [0.29, 0.717) is 19.3 Å². The van der Waals surface area contributed by atoms with Crippen LogP contribution in [0.25, 0.3) is 0 Å². The van der Waals surface area contributed by atoms with Crippen LogP contribution in [0.1, 0.15) is 132 Å². The monoisotopic (exact) mass is 1460 g/mol. The molecule has 0 aliphatic carbocycles. The minimum atomic E-state index is -2.19. The molecule has 40 heteroatoms. The summed E-state index contributed by atoms with van der Waals surface area (Å²) in [6.07, 6.45) is -0.804. The molecule has 1 aliphatic rings. The topological polar surface area (TPSA) is 637 Å². The molecule has 0 aromatic heterocycles. The predicted molar refractivity (Wildman–Crippen MR) is 359 cm³/mol. The van der Waals surface area contributed by atoms with Gasteiger partial charge in [-0.2, -0.15) is 11.8 Å². The number of carbonyl (C=O) groups is 17. The van der Waals surface area contributed by atoms with Gasteiger partial charge in [-0.15, -0.1) is 0 Å². The number of aliphatic carboxylic acids is 3. The van der Waals surface area contributed by atoms with Gasteiger partial charge in [0.25, 0.3) is 0 Å². The molecule has 1 aliphatic heterocycles. The molecular weight excluding hydrogens is 1360 g/mol. The van der Waals surface area contributed by atoms with Gasteiger partial charge in [0.2, 0.25) is 82.7 Å². The highest BCUT2D eigenvalue weighted by Gasteiger charge is 2.41. The Hall–Kier alpha value is -8.86. The largest absolute Gasteiger partial charge is 0.481 e. The van der Waals surface area contributed by atoms with Crippen LogP contribution in [0.5, 0.6) is 0 Å². The van der Waals surface area contributed by atoms with Gasteiger partial charge in [-0.25, -0.2) is 4.79 Å². The lowest BCUT2D eigenvalue weighted by Gasteiger charge is -2.30. The molecule has 0 radical (unpaired) electrons. The summed E-state index contributed by atoms with van der Waals surface area (Å²) in [4.78, 5) is 226. The van der Waals surface area contributed by atoms with Crippen molar-refractivity contribution in [1.29, 1.82) is 0 Å². The first kappa shape index (κ1) is 90.2. The zero-order chi connectivity index (χ0) is 77.1. The van der Waals surface area contributed by atoms with Gasteiger partial charge in [-0.1, -0.05) is 48.0 Å². The van der Waals surface area contributed by atoms with E-state index in [0.717, 1.165) is 4.90 Å². The molecule has 0 unspecified atom stereocenters. The van der Waals surface area contributed by atoms with Crippen LogP contribution >= 0.6 is 11.8 Å². The number of primary amides is 1. The number of carboxylic acids is 3. The zero-order valence-corrected chi connectivity index (χ0v) is 59.1. The van der Waals surface area contributed by atoms with Crippen molar-refractivity contribution >= 4 is 112 Å². The maximum atomic E-state index is 13.9. The van der Waals surface area contributed by atoms with E-state index in [9.17, 15) is 112 Å². The maximum Gasteiger partial charge on any atom is 0.326 e. The van der Waals surface area contributed by atoms with Crippen molar-refractivity contribution in [1.82, 2.24) is 68.7 Å². The van der Waals surface area contributed by atoms with Gasteiger partial charge in [-0.3, -0.25) is 76.7 Å². The number of rotatable bonds is 48. The first-order chi connectivity index (χ1) is 47.3. The molecule has 572 valence electrons. The third kappa shape index (κ3) is 31.7. The van der Waals surface area contributed by atoms with Gasteiger partial charge in [0, 0.05) is 13.0 Å². The molecule has 1 heterocycles. The molecule has 1 rings (SSSR count). The van der Waals surface area contributed by atoms with Gasteiger partial charge in [0.15, 0.2) is 0 Å². The fraction of sp³-hybridized carbons (Fsp3) is 0.721. The van der Waals surface area contributed by atoms with E-state index in [1.807, 2.05) is 5.32 Å². The summed E-state index contributed by atoms with van der Waals surface area (Å²) in [5.74, 6) is -20.8. The summed E-state index contributed by atoms with van der Waals surface area (Å²) in [5.41, 5.74) is 16.7. The van der Waals surface area contributed by atoms with E-state index in [4.69, 9.17) is 17.2 Å². The van der Waals surface area contributed by atoms with Crippen LogP contribution in [-0.4, -0.2) is 266 Å². The van der Waals surface area contributed by atoms with Gasteiger partial charge in [-0.05, 0) is 102 Å². The van der Waals surface area contributed by atoms with E-state index in [-0.39, 0.29) is 56.9 Å². The number of aliphatic hydroxyl groups is 3. The fourth-order valence-corrected chi connectivity index (χ4v) is 10.4. The van der Waals surface area contributed by atoms with Crippen LogP contribution in [0.2, 0.25) is 0 Å². The second-order valence-electron chi connectivity index (χ2n) is 25.1. The molecule has 101 heavy (non-hydrogen) atoms. The highest BCUT2D eigenvalue weighted by atomic mass is 32.2. The Morgan fingerprint density at radius 2 is 0.950 bits per heavy atom. The zero-order valence-electron chi connectivity index (χ0n) is 58.3. The Kier molecular flexibility index (Phi) is 40.9. The van der Waals surface area contributed by atoms with Crippen LogP contribution in [0.3, 0.4) is 0 Å². The van der Waals surface area contributed by atoms with Crippen LogP contribution in [0.4, 0.5) is 0 Å². The van der Waals surface area contributed by atoms with Crippen molar-refractivity contribution in [3.63, 3.8) is 0 Å². The number of amides is 14. The molecule has 0 saturated carbocycles. The van der Waals surface area contributed by atoms with Crippen molar-refractivity contribution in [3.05, 3.63) is 0 Å². The number of carboxylic acid groups (broad SMARTS) is 3. The molecule has 39 nitrogen and oxygen atoms in total. The van der Waals surface area contributed by atoms with Crippen molar-refractivity contribution in [2.45, 2.75) is 217 Å². The van der Waals surface area contributed by atoms with Crippen molar-refractivity contribution in [2.75, 3.05) is 44.9 Å². The molecule has 0 aromatic carbocycles. The van der Waals surface area contributed by atoms with Crippen LogP contribution in [0, 0.1) is 17.8 Å². The smallest absolute Gasteiger partial charge is 0.326 e. The third-order valence-electron chi connectivity index (χ3n) is 16.0. The average molecular weight is 1460 g/mol. The van der Waals surface area contributed by atoms with E-state index >= 15 is 0 Å². The van der Waals surface area contributed by atoms with Gasteiger partial charge in [0.05, 0.1) is 32.7 Å². The summed E-state index contributed by atoms with van der Waals surface area (Å²) >= 11 is 1.18. The number of nitrogens with zero attached hydrogens (tertiary/aromatic N) is 1.